The molecule has 13 heavy (non-hydrogen) atoms. The highest BCUT2D eigenvalue weighted by Gasteiger charge is 2.33. The molecule has 0 unspecified atom stereocenters. The molecule has 76 valence electrons. The fraction of sp³-hybridized carbons (Fsp3) is 0.900. The molecular formula is C10H18O3. The molecule has 0 aromatic heterocycles. The van der Waals surface area contributed by atoms with Crippen molar-refractivity contribution in [2.45, 2.75) is 51.0 Å². The standard InChI is InChI=1S/C10H18O3/c1-2-10(13-9(12)8-11)6-4-3-5-7-10/h11H,2-8H2,1H3. The minimum atomic E-state index is -0.498. The molecule has 0 aromatic rings. The molecule has 1 rings (SSSR count). The summed E-state index contributed by atoms with van der Waals surface area (Å²) in [6.45, 7) is 1.54. The van der Waals surface area contributed by atoms with E-state index in [1.165, 1.54) is 6.42 Å². The molecule has 1 N–H and O–H groups in total. The van der Waals surface area contributed by atoms with E-state index >= 15 is 0 Å². The number of carbonyl (C=O) groups excluding carboxylic acids is 1. The molecule has 0 atom stereocenters. The van der Waals surface area contributed by atoms with Crippen LogP contribution in [0.5, 0.6) is 0 Å². The quantitative estimate of drug-likeness (QED) is 0.681. The third-order valence-corrected chi connectivity index (χ3v) is 2.87. The van der Waals surface area contributed by atoms with Crippen molar-refractivity contribution in [2.75, 3.05) is 6.61 Å². The molecule has 0 saturated heterocycles. The molecule has 1 saturated carbocycles. The van der Waals surface area contributed by atoms with Crippen molar-refractivity contribution in [2.24, 2.45) is 0 Å². The summed E-state index contributed by atoms with van der Waals surface area (Å²) in [6.07, 6.45) is 6.26. The molecule has 0 aliphatic heterocycles. The lowest BCUT2D eigenvalue weighted by Crippen LogP contribution is -2.37. The van der Waals surface area contributed by atoms with Crippen LogP contribution < -0.4 is 0 Å². The fourth-order valence-corrected chi connectivity index (χ4v) is 2.00. The van der Waals surface area contributed by atoms with E-state index in [1.54, 1.807) is 0 Å². The lowest BCUT2D eigenvalue weighted by molar-refractivity contribution is -0.167. The van der Waals surface area contributed by atoms with Crippen LogP contribution in [0, 0.1) is 0 Å². The van der Waals surface area contributed by atoms with Gasteiger partial charge in [-0.25, -0.2) is 4.79 Å². The lowest BCUT2D eigenvalue weighted by atomic mass is 9.83. The summed E-state index contributed by atoms with van der Waals surface area (Å²) in [5, 5.41) is 8.60. The summed E-state index contributed by atoms with van der Waals surface area (Å²) in [5.74, 6) is -0.483. The maximum atomic E-state index is 11.0. The number of rotatable bonds is 3. The van der Waals surface area contributed by atoms with Crippen molar-refractivity contribution in [1.29, 1.82) is 0 Å². The van der Waals surface area contributed by atoms with Crippen molar-refractivity contribution >= 4 is 5.97 Å². The predicted molar refractivity (Wildman–Crippen MR) is 49.3 cm³/mol. The van der Waals surface area contributed by atoms with Gasteiger partial charge in [0.15, 0.2) is 0 Å². The van der Waals surface area contributed by atoms with Gasteiger partial charge in [-0.05, 0) is 32.1 Å². The molecular weight excluding hydrogens is 168 g/mol. The van der Waals surface area contributed by atoms with Crippen LogP contribution >= 0.6 is 0 Å². The minimum Gasteiger partial charge on any atom is -0.457 e. The number of hydrogen-bond donors (Lipinski definition) is 1. The van der Waals surface area contributed by atoms with Gasteiger partial charge in [-0.3, -0.25) is 0 Å². The Balaban J connectivity index is 2.52. The molecule has 0 amide bonds. The molecule has 0 spiro atoms. The van der Waals surface area contributed by atoms with Crippen molar-refractivity contribution in [3.63, 3.8) is 0 Å². The van der Waals surface area contributed by atoms with Crippen LogP contribution in [0.2, 0.25) is 0 Å². The topological polar surface area (TPSA) is 46.5 Å². The third kappa shape index (κ3) is 2.69. The zero-order chi connectivity index (χ0) is 9.73. The van der Waals surface area contributed by atoms with E-state index in [-0.39, 0.29) is 5.60 Å². The monoisotopic (exact) mass is 186 g/mol. The molecule has 1 aliphatic carbocycles. The highest BCUT2D eigenvalue weighted by atomic mass is 16.6. The average molecular weight is 186 g/mol. The van der Waals surface area contributed by atoms with Crippen LogP contribution in [0.15, 0.2) is 0 Å². The zero-order valence-electron chi connectivity index (χ0n) is 8.21. The molecule has 0 aromatic carbocycles. The van der Waals surface area contributed by atoms with E-state index in [0.717, 1.165) is 32.1 Å². The number of aliphatic hydroxyl groups is 1. The molecule has 0 heterocycles. The van der Waals surface area contributed by atoms with Gasteiger partial charge < -0.3 is 9.84 Å². The maximum absolute atomic E-state index is 11.0. The largest absolute Gasteiger partial charge is 0.457 e. The van der Waals surface area contributed by atoms with E-state index < -0.39 is 12.6 Å². The third-order valence-electron chi connectivity index (χ3n) is 2.87. The first-order valence-electron chi connectivity index (χ1n) is 5.05. The van der Waals surface area contributed by atoms with E-state index in [9.17, 15) is 4.79 Å². The summed E-state index contributed by atoms with van der Waals surface area (Å²) in [5.41, 5.74) is -0.266. The van der Waals surface area contributed by atoms with Crippen LogP contribution in [0.25, 0.3) is 0 Å². The van der Waals surface area contributed by atoms with Gasteiger partial charge in [0.25, 0.3) is 0 Å². The minimum absolute atomic E-state index is 0.266. The average Bonchev–Trinajstić information content (AvgIpc) is 2.19. The van der Waals surface area contributed by atoms with E-state index in [0.29, 0.717) is 0 Å². The van der Waals surface area contributed by atoms with Crippen LogP contribution in [-0.4, -0.2) is 23.3 Å². The maximum Gasteiger partial charge on any atom is 0.332 e. The Hall–Kier alpha value is -0.570. The zero-order valence-corrected chi connectivity index (χ0v) is 8.21. The first kappa shape index (κ1) is 10.5. The molecule has 3 nitrogen and oxygen atoms in total. The fourth-order valence-electron chi connectivity index (χ4n) is 2.00. The Bertz CT molecular complexity index is 171. The summed E-state index contributed by atoms with van der Waals surface area (Å²) in [7, 11) is 0. The van der Waals surface area contributed by atoms with Crippen molar-refractivity contribution in [3.8, 4) is 0 Å². The van der Waals surface area contributed by atoms with Gasteiger partial charge in [0.1, 0.15) is 12.2 Å². The second-order valence-corrected chi connectivity index (χ2v) is 3.73. The van der Waals surface area contributed by atoms with Crippen LogP contribution in [0.4, 0.5) is 0 Å². The number of carbonyl (C=O) groups is 1. The number of esters is 1. The summed E-state index contributed by atoms with van der Waals surface area (Å²) >= 11 is 0. The second kappa shape index (κ2) is 4.61. The molecule has 1 fully saturated rings. The lowest BCUT2D eigenvalue weighted by Gasteiger charge is -2.35. The summed E-state index contributed by atoms with van der Waals surface area (Å²) < 4.78 is 5.29. The van der Waals surface area contributed by atoms with Crippen LogP contribution in [0.1, 0.15) is 45.4 Å². The number of ether oxygens (including phenoxy) is 1. The Morgan fingerprint density at radius 1 is 1.38 bits per heavy atom. The van der Waals surface area contributed by atoms with Gasteiger partial charge in [0, 0.05) is 0 Å². The molecule has 0 radical (unpaired) electrons. The van der Waals surface area contributed by atoms with Gasteiger partial charge in [-0.15, -0.1) is 0 Å². The number of hydrogen-bond acceptors (Lipinski definition) is 3. The Morgan fingerprint density at radius 3 is 2.46 bits per heavy atom. The van der Waals surface area contributed by atoms with Crippen LogP contribution in [-0.2, 0) is 9.53 Å². The van der Waals surface area contributed by atoms with E-state index in [2.05, 4.69) is 0 Å². The van der Waals surface area contributed by atoms with E-state index in [4.69, 9.17) is 9.84 Å². The molecule has 1 aliphatic rings. The van der Waals surface area contributed by atoms with Crippen LogP contribution in [0.3, 0.4) is 0 Å². The first-order valence-corrected chi connectivity index (χ1v) is 5.05. The summed E-state index contributed by atoms with van der Waals surface area (Å²) in [4.78, 5) is 11.0. The van der Waals surface area contributed by atoms with Crippen molar-refractivity contribution < 1.29 is 14.6 Å². The van der Waals surface area contributed by atoms with Gasteiger partial charge >= 0.3 is 5.97 Å². The Kier molecular flexibility index (Phi) is 3.72. The smallest absolute Gasteiger partial charge is 0.332 e. The van der Waals surface area contributed by atoms with E-state index in [1.807, 2.05) is 6.92 Å². The van der Waals surface area contributed by atoms with Gasteiger partial charge in [0.05, 0.1) is 0 Å². The normalized spacial score (nSPS) is 21.1. The molecule has 3 heteroatoms. The first-order chi connectivity index (χ1) is 6.22. The SMILES string of the molecule is CCC1(OC(=O)CO)CCCCC1. The second-order valence-electron chi connectivity index (χ2n) is 3.73. The predicted octanol–water partition coefficient (Wildman–Crippen LogP) is 1.63. The molecule has 0 bridgehead atoms. The van der Waals surface area contributed by atoms with Crippen molar-refractivity contribution in [1.82, 2.24) is 0 Å². The Morgan fingerprint density at radius 2 is 2.00 bits per heavy atom. The summed E-state index contributed by atoms with van der Waals surface area (Å²) in [6, 6.07) is 0. The Labute approximate surface area is 79.1 Å². The van der Waals surface area contributed by atoms with Gasteiger partial charge in [-0.2, -0.15) is 0 Å². The van der Waals surface area contributed by atoms with Crippen molar-refractivity contribution in [3.05, 3.63) is 0 Å². The van der Waals surface area contributed by atoms with Gasteiger partial charge in [0.2, 0.25) is 0 Å². The number of aliphatic hydroxyl groups excluding tert-OH is 1. The highest BCUT2D eigenvalue weighted by molar-refractivity contribution is 5.70. The van der Waals surface area contributed by atoms with Gasteiger partial charge in [-0.1, -0.05) is 13.3 Å². The highest BCUT2D eigenvalue weighted by Crippen LogP contribution is 2.34.